The molecule has 0 saturated carbocycles. The molecular formula is C14H28N2O3. The number of carbonyl (C=O) groups is 1. The third-order valence-corrected chi connectivity index (χ3v) is 3.40. The van der Waals surface area contributed by atoms with Gasteiger partial charge in [0.25, 0.3) is 0 Å². The molecule has 1 fully saturated rings. The zero-order chi connectivity index (χ0) is 14.3. The Morgan fingerprint density at radius 2 is 2.21 bits per heavy atom. The zero-order valence-corrected chi connectivity index (χ0v) is 12.4. The Morgan fingerprint density at radius 3 is 2.84 bits per heavy atom. The molecule has 0 radical (unpaired) electrons. The monoisotopic (exact) mass is 272 g/mol. The van der Waals surface area contributed by atoms with Gasteiger partial charge in [0.2, 0.25) is 0 Å². The van der Waals surface area contributed by atoms with E-state index in [-0.39, 0.29) is 18.1 Å². The highest BCUT2D eigenvalue weighted by Crippen LogP contribution is 2.19. The molecular weight excluding hydrogens is 244 g/mol. The van der Waals surface area contributed by atoms with Gasteiger partial charge >= 0.3 is 6.03 Å². The smallest absolute Gasteiger partial charge is 0.317 e. The van der Waals surface area contributed by atoms with E-state index in [4.69, 9.17) is 4.74 Å². The van der Waals surface area contributed by atoms with Gasteiger partial charge in [-0.2, -0.15) is 0 Å². The molecule has 5 nitrogen and oxygen atoms in total. The molecule has 1 rings (SSSR count). The maximum atomic E-state index is 11.9. The molecule has 2 N–H and O–H groups in total. The second-order valence-electron chi connectivity index (χ2n) is 5.79. The Hall–Kier alpha value is -0.810. The van der Waals surface area contributed by atoms with Crippen LogP contribution in [0.4, 0.5) is 4.79 Å². The molecule has 112 valence electrons. The van der Waals surface area contributed by atoms with Gasteiger partial charge in [-0.3, -0.25) is 0 Å². The van der Waals surface area contributed by atoms with Crippen LogP contribution in [-0.2, 0) is 4.74 Å². The number of nitrogens with one attached hydrogen (secondary N) is 1. The minimum absolute atomic E-state index is 0.0431. The van der Waals surface area contributed by atoms with Crippen LogP contribution in [-0.4, -0.2) is 55.0 Å². The van der Waals surface area contributed by atoms with E-state index in [2.05, 4.69) is 19.2 Å². The zero-order valence-electron chi connectivity index (χ0n) is 12.4. The molecule has 0 bridgehead atoms. The first-order valence-corrected chi connectivity index (χ1v) is 7.29. The van der Waals surface area contributed by atoms with E-state index in [1.165, 1.54) is 0 Å². The van der Waals surface area contributed by atoms with Gasteiger partial charge < -0.3 is 20.1 Å². The first-order chi connectivity index (χ1) is 9.00. The summed E-state index contributed by atoms with van der Waals surface area (Å²) in [5, 5.41) is 12.5. The number of piperidine rings is 1. The summed E-state index contributed by atoms with van der Waals surface area (Å²) in [6.07, 6.45) is 1.62. The molecule has 1 aliphatic heterocycles. The third-order valence-electron chi connectivity index (χ3n) is 3.40. The average Bonchev–Trinajstić information content (AvgIpc) is 2.37. The molecule has 5 heteroatoms. The number of hydrogen-bond donors (Lipinski definition) is 2. The molecule has 2 unspecified atom stereocenters. The van der Waals surface area contributed by atoms with E-state index in [0.717, 1.165) is 26.0 Å². The van der Waals surface area contributed by atoms with E-state index in [0.29, 0.717) is 25.6 Å². The predicted molar refractivity (Wildman–Crippen MR) is 75.0 cm³/mol. The van der Waals surface area contributed by atoms with Gasteiger partial charge in [-0.1, -0.05) is 13.8 Å². The topological polar surface area (TPSA) is 61.8 Å². The highest BCUT2D eigenvalue weighted by Gasteiger charge is 2.26. The predicted octanol–water partition coefficient (Wildman–Crippen LogP) is 1.46. The summed E-state index contributed by atoms with van der Waals surface area (Å²) in [6, 6.07) is -0.0431. The maximum Gasteiger partial charge on any atom is 0.317 e. The van der Waals surface area contributed by atoms with Crippen LogP contribution in [0.15, 0.2) is 0 Å². The lowest BCUT2D eigenvalue weighted by Crippen LogP contribution is -2.48. The molecule has 0 aromatic carbocycles. The van der Waals surface area contributed by atoms with Gasteiger partial charge in [0.1, 0.15) is 0 Å². The van der Waals surface area contributed by atoms with Gasteiger partial charge in [0.15, 0.2) is 0 Å². The highest BCUT2D eigenvalue weighted by molar-refractivity contribution is 5.74. The van der Waals surface area contributed by atoms with Crippen LogP contribution in [0.5, 0.6) is 0 Å². The van der Waals surface area contributed by atoms with Crippen molar-refractivity contribution >= 4 is 6.03 Å². The number of likely N-dealkylation sites (tertiary alicyclic amines) is 1. The summed E-state index contributed by atoms with van der Waals surface area (Å²) >= 11 is 0. The number of aliphatic hydroxyl groups excluding tert-OH is 1. The Bertz CT molecular complexity index is 269. The highest BCUT2D eigenvalue weighted by atomic mass is 16.5. The molecule has 1 saturated heterocycles. The number of urea groups is 1. The van der Waals surface area contributed by atoms with Gasteiger partial charge in [-0.25, -0.2) is 4.79 Å². The van der Waals surface area contributed by atoms with Crippen LogP contribution >= 0.6 is 0 Å². The number of rotatable bonds is 6. The minimum atomic E-state index is -0.343. The SMILES string of the molecule is CC(C)COCCNC(=O)N1CCCC(C(C)O)C1. The van der Waals surface area contributed by atoms with E-state index in [1.54, 1.807) is 11.8 Å². The van der Waals surface area contributed by atoms with E-state index in [1.807, 2.05) is 0 Å². The minimum Gasteiger partial charge on any atom is -0.393 e. The first-order valence-electron chi connectivity index (χ1n) is 7.29. The van der Waals surface area contributed by atoms with Gasteiger partial charge in [0.05, 0.1) is 12.7 Å². The molecule has 0 spiro atoms. The molecule has 1 heterocycles. The number of hydrogen-bond acceptors (Lipinski definition) is 3. The van der Waals surface area contributed by atoms with Crippen molar-refractivity contribution < 1.29 is 14.6 Å². The lowest BCUT2D eigenvalue weighted by atomic mass is 9.94. The fraction of sp³-hybridized carbons (Fsp3) is 0.929. The van der Waals surface area contributed by atoms with Crippen molar-refractivity contribution in [3.05, 3.63) is 0 Å². The Balaban J connectivity index is 2.18. The molecule has 2 atom stereocenters. The fourth-order valence-corrected chi connectivity index (χ4v) is 2.25. The van der Waals surface area contributed by atoms with Crippen molar-refractivity contribution in [2.45, 2.75) is 39.7 Å². The maximum absolute atomic E-state index is 11.9. The second-order valence-corrected chi connectivity index (χ2v) is 5.79. The molecule has 2 amide bonds. The summed E-state index contributed by atoms with van der Waals surface area (Å²) in [5.41, 5.74) is 0. The number of amides is 2. The first kappa shape index (κ1) is 16.2. The summed E-state index contributed by atoms with van der Waals surface area (Å²) in [4.78, 5) is 13.7. The van der Waals surface area contributed by atoms with Gasteiger partial charge in [-0.05, 0) is 25.7 Å². The molecule has 0 aliphatic carbocycles. The van der Waals surface area contributed by atoms with Crippen molar-refractivity contribution in [2.75, 3.05) is 32.8 Å². The molecule has 1 aliphatic rings. The Kier molecular flexibility index (Phi) is 7.16. The lowest BCUT2D eigenvalue weighted by Gasteiger charge is -2.34. The fourth-order valence-electron chi connectivity index (χ4n) is 2.25. The Labute approximate surface area is 116 Å². The number of nitrogens with zero attached hydrogens (tertiary/aromatic N) is 1. The molecule has 19 heavy (non-hydrogen) atoms. The largest absolute Gasteiger partial charge is 0.393 e. The average molecular weight is 272 g/mol. The van der Waals surface area contributed by atoms with Gasteiger partial charge in [0, 0.05) is 32.2 Å². The van der Waals surface area contributed by atoms with Crippen LogP contribution in [0.2, 0.25) is 0 Å². The van der Waals surface area contributed by atoms with Crippen LogP contribution < -0.4 is 5.32 Å². The van der Waals surface area contributed by atoms with Crippen molar-refractivity contribution in [3.63, 3.8) is 0 Å². The summed E-state index contributed by atoms with van der Waals surface area (Å²) in [6.45, 7) is 9.25. The number of aliphatic hydroxyl groups is 1. The molecule has 0 aromatic rings. The number of carbonyl (C=O) groups excluding carboxylic acids is 1. The van der Waals surface area contributed by atoms with E-state index < -0.39 is 0 Å². The van der Waals surface area contributed by atoms with Crippen LogP contribution in [0, 0.1) is 11.8 Å². The lowest BCUT2D eigenvalue weighted by molar-refractivity contribution is 0.0723. The summed E-state index contributed by atoms with van der Waals surface area (Å²) in [7, 11) is 0. The van der Waals surface area contributed by atoms with Crippen LogP contribution in [0.25, 0.3) is 0 Å². The van der Waals surface area contributed by atoms with Gasteiger partial charge in [-0.15, -0.1) is 0 Å². The normalized spacial score (nSPS) is 21.5. The van der Waals surface area contributed by atoms with Crippen LogP contribution in [0.3, 0.4) is 0 Å². The second kappa shape index (κ2) is 8.38. The standard InChI is InChI=1S/C14H28N2O3/c1-11(2)10-19-8-6-15-14(18)16-7-4-5-13(9-16)12(3)17/h11-13,17H,4-10H2,1-3H3,(H,15,18). The van der Waals surface area contributed by atoms with Crippen molar-refractivity contribution in [1.82, 2.24) is 10.2 Å². The van der Waals surface area contributed by atoms with Crippen molar-refractivity contribution in [1.29, 1.82) is 0 Å². The quantitative estimate of drug-likeness (QED) is 0.720. The van der Waals surface area contributed by atoms with E-state index in [9.17, 15) is 9.90 Å². The molecule has 0 aromatic heterocycles. The number of ether oxygens (including phenoxy) is 1. The summed E-state index contributed by atoms with van der Waals surface area (Å²) < 4.78 is 5.42. The van der Waals surface area contributed by atoms with Crippen molar-refractivity contribution in [3.8, 4) is 0 Å². The van der Waals surface area contributed by atoms with E-state index >= 15 is 0 Å². The van der Waals surface area contributed by atoms with Crippen molar-refractivity contribution in [2.24, 2.45) is 11.8 Å². The third kappa shape index (κ3) is 6.25. The van der Waals surface area contributed by atoms with Crippen LogP contribution in [0.1, 0.15) is 33.6 Å². The summed E-state index contributed by atoms with van der Waals surface area (Å²) in [5.74, 6) is 0.723. The Morgan fingerprint density at radius 1 is 1.47 bits per heavy atom.